The summed E-state index contributed by atoms with van der Waals surface area (Å²) in [6.45, 7) is -0.569. The van der Waals surface area contributed by atoms with Gasteiger partial charge >= 0.3 is 18.4 Å². The number of alkyl halides is 6. The van der Waals surface area contributed by atoms with Crippen molar-refractivity contribution in [3.8, 4) is 11.5 Å². The molecule has 0 atom stereocenters. The maximum absolute atomic E-state index is 13.0. The zero-order valence-electron chi connectivity index (χ0n) is 11.4. The van der Waals surface area contributed by atoms with Gasteiger partial charge in [0.15, 0.2) is 6.61 Å². The molecule has 6 nitrogen and oxygen atoms in total. The number of hydrogen-bond donors (Lipinski definition) is 1. The number of nitrogens with zero attached hydrogens (tertiary/aromatic N) is 2. The van der Waals surface area contributed by atoms with Crippen LogP contribution in [0.25, 0.3) is 11.5 Å². The largest absolute Gasteiger partial charge is 0.441 e. The Morgan fingerprint density at radius 1 is 1.17 bits per heavy atom. The maximum Gasteiger partial charge on any atom is 0.417 e. The molecule has 0 aliphatic carbocycles. The lowest BCUT2D eigenvalue weighted by atomic mass is 10.0. The number of amides is 1. The minimum atomic E-state index is -5.09. The average molecular weight is 355 g/mol. The van der Waals surface area contributed by atoms with Gasteiger partial charge in [0.05, 0.1) is 16.7 Å². The Bertz CT molecular complexity index is 753. The van der Waals surface area contributed by atoms with E-state index in [2.05, 4.69) is 19.4 Å². The van der Waals surface area contributed by atoms with Crippen LogP contribution in [0.1, 0.15) is 17.0 Å². The monoisotopic (exact) mass is 355 g/mol. The first-order chi connectivity index (χ1) is 11.0. The minimum absolute atomic E-state index is 0.0564. The van der Waals surface area contributed by atoms with Gasteiger partial charge in [-0.05, 0) is 18.2 Å². The van der Waals surface area contributed by atoms with Gasteiger partial charge in [-0.1, -0.05) is 5.16 Å². The third kappa shape index (κ3) is 3.94. The van der Waals surface area contributed by atoms with Crippen LogP contribution in [0.5, 0.6) is 0 Å². The predicted molar refractivity (Wildman–Crippen MR) is 64.1 cm³/mol. The molecule has 0 saturated heterocycles. The highest BCUT2D eigenvalue weighted by molar-refractivity contribution is 5.64. The van der Waals surface area contributed by atoms with Crippen LogP contribution in [-0.4, -0.2) is 16.2 Å². The van der Waals surface area contributed by atoms with Crippen LogP contribution in [0, 0.1) is 0 Å². The van der Waals surface area contributed by atoms with Crippen molar-refractivity contribution in [2.24, 2.45) is 5.73 Å². The van der Waals surface area contributed by atoms with Gasteiger partial charge in [-0.25, -0.2) is 4.79 Å². The number of ether oxygens (including phenoxy) is 1. The molecule has 2 aromatic rings. The highest BCUT2D eigenvalue weighted by atomic mass is 19.4. The minimum Gasteiger partial charge on any atom is -0.441 e. The van der Waals surface area contributed by atoms with Crippen molar-refractivity contribution in [3.05, 3.63) is 35.2 Å². The first kappa shape index (κ1) is 17.6. The Morgan fingerprint density at radius 2 is 1.83 bits per heavy atom. The maximum atomic E-state index is 13.0. The Hall–Kier alpha value is -2.79. The molecule has 1 aromatic heterocycles. The van der Waals surface area contributed by atoms with E-state index in [0.717, 1.165) is 0 Å². The quantitative estimate of drug-likeness (QED) is 0.853. The van der Waals surface area contributed by atoms with Crippen LogP contribution in [0.4, 0.5) is 31.1 Å². The summed E-state index contributed by atoms with van der Waals surface area (Å²) in [6.07, 6.45) is -11.2. The van der Waals surface area contributed by atoms with Gasteiger partial charge in [-0.3, -0.25) is 0 Å². The van der Waals surface area contributed by atoms with Crippen molar-refractivity contribution in [1.82, 2.24) is 10.1 Å². The molecule has 0 saturated carbocycles. The van der Waals surface area contributed by atoms with Crippen LogP contribution in [0.3, 0.4) is 0 Å². The Labute approximate surface area is 129 Å². The van der Waals surface area contributed by atoms with Crippen molar-refractivity contribution < 1.29 is 40.4 Å². The zero-order valence-corrected chi connectivity index (χ0v) is 11.4. The molecule has 0 aliphatic heterocycles. The normalized spacial score (nSPS) is 12.2. The highest BCUT2D eigenvalue weighted by Gasteiger charge is 2.39. The molecule has 2 rings (SSSR count). The fraction of sp³-hybridized carbons (Fsp3) is 0.250. The molecule has 24 heavy (non-hydrogen) atoms. The van der Waals surface area contributed by atoms with E-state index in [1.807, 2.05) is 0 Å². The molecule has 0 fully saturated rings. The lowest BCUT2D eigenvalue weighted by Crippen LogP contribution is -2.13. The summed E-state index contributed by atoms with van der Waals surface area (Å²) in [5.74, 6) is -0.990. The number of carbonyl (C=O) groups is 1. The van der Waals surface area contributed by atoms with E-state index in [1.54, 1.807) is 0 Å². The predicted octanol–water partition coefficient (Wildman–Crippen LogP) is 3.37. The Balaban J connectivity index is 2.44. The van der Waals surface area contributed by atoms with E-state index in [0.29, 0.717) is 12.1 Å². The zero-order chi connectivity index (χ0) is 18.1. The number of rotatable bonds is 3. The summed E-state index contributed by atoms with van der Waals surface area (Å²) in [6, 6.07) is 0.964. The first-order valence-electron chi connectivity index (χ1n) is 6.02. The molecule has 0 bridgehead atoms. The van der Waals surface area contributed by atoms with Crippen LogP contribution < -0.4 is 5.73 Å². The third-order valence-corrected chi connectivity index (χ3v) is 2.69. The molecule has 0 spiro atoms. The molecule has 1 heterocycles. The third-order valence-electron chi connectivity index (χ3n) is 2.69. The molecular weight excluding hydrogens is 348 g/mol. The molecule has 12 heteroatoms. The van der Waals surface area contributed by atoms with Crippen LogP contribution in [-0.2, 0) is 23.7 Å². The Morgan fingerprint density at radius 3 is 2.38 bits per heavy atom. The number of primary amides is 1. The summed E-state index contributed by atoms with van der Waals surface area (Å²) in [5, 5.41) is 3.25. The second kappa shape index (κ2) is 6.02. The van der Waals surface area contributed by atoms with E-state index >= 15 is 0 Å². The summed E-state index contributed by atoms with van der Waals surface area (Å²) < 4.78 is 85.7. The van der Waals surface area contributed by atoms with E-state index in [9.17, 15) is 31.1 Å². The highest BCUT2D eigenvalue weighted by Crippen LogP contribution is 2.40. The number of aromatic nitrogens is 2. The fourth-order valence-corrected chi connectivity index (χ4v) is 1.70. The lowest BCUT2D eigenvalue weighted by Gasteiger charge is -2.13. The summed E-state index contributed by atoms with van der Waals surface area (Å²) in [7, 11) is 0. The second-order valence-corrected chi connectivity index (χ2v) is 4.38. The molecule has 0 aliphatic rings. The molecule has 0 unspecified atom stereocenters. The topological polar surface area (TPSA) is 91.2 Å². The van der Waals surface area contributed by atoms with Gasteiger partial charge in [0.2, 0.25) is 5.82 Å². The van der Waals surface area contributed by atoms with Gasteiger partial charge in [-0.2, -0.15) is 31.3 Å². The van der Waals surface area contributed by atoms with E-state index in [1.165, 1.54) is 0 Å². The SMILES string of the molecule is NC(=O)OCc1noc(-c2ccc(C(F)(F)F)cc2C(F)(F)F)n1. The van der Waals surface area contributed by atoms with Crippen molar-refractivity contribution >= 4 is 6.09 Å². The fourth-order valence-electron chi connectivity index (χ4n) is 1.70. The summed E-state index contributed by atoms with van der Waals surface area (Å²) in [5.41, 5.74) is 0.881. The lowest BCUT2D eigenvalue weighted by molar-refractivity contribution is -0.142. The Kier molecular flexibility index (Phi) is 4.40. The van der Waals surface area contributed by atoms with Gasteiger partial charge in [0.1, 0.15) is 0 Å². The smallest absolute Gasteiger partial charge is 0.417 e. The first-order valence-corrected chi connectivity index (χ1v) is 6.02. The number of benzene rings is 1. The molecule has 2 N–H and O–H groups in total. The summed E-state index contributed by atoms with van der Waals surface area (Å²) in [4.78, 5) is 14.0. The van der Waals surface area contributed by atoms with Gasteiger partial charge < -0.3 is 15.0 Å². The van der Waals surface area contributed by atoms with Crippen LogP contribution in [0.15, 0.2) is 22.7 Å². The van der Waals surface area contributed by atoms with Crippen molar-refractivity contribution in [2.75, 3.05) is 0 Å². The van der Waals surface area contributed by atoms with E-state index in [-0.39, 0.29) is 11.9 Å². The molecule has 1 aromatic carbocycles. The number of carbonyl (C=O) groups excluding carboxylic acids is 1. The standard InChI is InChI=1S/C12H7F6N3O3/c13-11(14,15)5-1-2-6(7(3-5)12(16,17)18)9-20-8(21-24-9)4-23-10(19)22/h1-3H,4H2,(H2,19,22). The number of hydrogen-bond acceptors (Lipinski definition) is 5. The molecule has 1 amide bonds. The van der Waals surface area contributed by atoms with Crippen LogP contribution in [0.2, 0.25) is 0 Å². The van der Waals surface area contributed by atoms with E-state index in [4.69, 9.17) is 5.73 Å². The second-order valence-electron chi connectivity index (χ2n) is 4.38. The van der Waals surface area contributed by atoms with Crippen molar-refractivity contribution in [1.29, 1.82) is 0 Å². The van der Waals surface area contributed by atoms with Crippen LogP contribution >= 0.6 is 0 Å². The number of halogens is 6. The van der Waals surface area contributed by atoms with Crippen molar-refractivity contribution in [2.45, 2.75) is 19.0 Å². The van der Waals surface area contributed by atoms with Gasteiger partial charge in [-0.15, -0.1) is 0 Å². The molecule has 130 valence electrons. The van der Waals surface area contributed by atoms with Crippen molar-refractivity contribution in [3.63, 3.8) is 0 Å². The average Bonchev–Trinajstić information content (AvgIpc) is 2.91. The van der Waals surface area contributed by atoms with Gasteiger partial charge in [0.25, 0.3) is 5.89 Å². The van der Waals surface area contributed by atoms with Gasteiger partial charge in [0, 0.05) is 0 Å². The summed E-state index contributed by atoms with van der Waals surface area (Å²) >= 11 is 0. The number of nitrogens with two attached hydrogens (primary N) is 1. The molecule has 0 radical (unpaired) electrons. The van der Waals surface area contributed by atoms with E-state index < -0.39 is 47.6 Å². The molecular formula is C12H7F6N3O3.